The van der Waals surface area contributed by atoms with Gasteiger partial charge >= 0.3 is 5.97 Å². The van der Waals surface area contributed by atoms with Crippen LogP contribution >= 0.6 is 0 Å². The minimum Gasteiger partial charge on any atom is -0.463 e. The number of aliphatic hydroxyl groups excluding tert-OH is 2. The average molecular weight is 301 g/mol. The predicted molar refractivity (Wildman–Crippen MR) is 76.5 cm³/mol. The SMILES string of the molecule is CC(C)[C@](O)(C(=O)OC[C@H]1CCN2CC[C@@H](O)[C@H]12)[C@H](C)O. The minimum absolute atomic E-state index is 0.0523. The van der Waals surface area contributed by atoms with Crippen molar-refractivity contribution in [2.24, 2.45) is 11.8 Å². The highest BCUT2D eigenvalue weighted by atomic mass is 16.6. The second kappa shape index (κ2) is 6.20. The molecule has 0 aromatic heterocycles. The van der Waals surface area contributed by atoms with Crippen molar-refractivity contribution >= 4 is 5.97 Å². The van der Waals surface area contributed by atoms with Crippen LogP contribution in [0.25, 0.3) is 0 Å². The molecule has 0 unspecified atom stereocenters. The zero-order valence-corrected chi connectivity index (χ0v) is 13.0. The zero-order chi connectivity index (χ0) is 15.8. The maximum absolute atomic E-state index is 12.2. The molecule has 6 nitrogen and oxygen atoms in total. The smallest absolute Gasteiger partial charge is 0.341 e. The number of carbonyl (C=O) groups is 1. The molecule has 2 rings (SSSR count). The van der Waals surface area contributed by atoms with E-state index >= 15 is 0 Å². The van der Waals surface area contributed by atoms with Gasteiger partial charge in [-0.25, -0.2) is 4.79 Å². The van der Waals surface area contributed by atoms with E-state index in [1.54, 1.807) is 13.8 Å². The number of ether oxygens (including phenoxy) is 1. The van der Waals surface area contributed by atoms with Crippen LogP contribution in [0.5, 0.6) is 0 Å². The highest BCUT2D eigenvalue weighted by molar-refractivity contribution is 5.80. The van der Waals surface area contributed by atoms with Gasteiger partial charge in [0.2, 0.25) is 0 Å². The number of hydrogen-bond donors (Lipinski definition) is 3. The quantitative estimate of drug-likeness (QED) is 0.607. The molecular formula is C15H27NO5. The van der Waals surface area contributed by atoms with E-state index in [0.717, 1.165) is 25.9 Å². The van der Waals surface area contributed by atoms with Crippen LogP contribution in [-0.4, -0.2) is 69.7 Å². The third kappa shape index (κ3) is 2.95. The number of rotatable bonds is 5. The Kier molecular flexibility index (Phi) is 4.92. The summed E-state index contributed by atoms with van der Waals surface area (Å²) >= 11 is 0. The molecule has 0 bridgehead atoms. The van der Waals surface area contributed by atoms with Gasteiger partial charge in [0.15, 0.2) is 5.60 Å². The van der Waals surface area contributed by atoms with E-state index in [0.29, 0.717) is 0 Å². The van der Waals surface area contributed by atoms with Gasteiger partial charge in [-0.3, -0.25) is 4.90 Å². The van der Waals surface area contributed by atoms with Crippen molar-refractivity contribution < 1.29 is 24.9 Å². The Balaban J connectivity index is 1.95. The van der Waals surface area contributed by atoms with Crippen molar-refractivity contribution in [1.82, 2.24) is 4.90 Å². The standard InChI is InChI=1S/C15H27NO5/c1-9(2)15(20,10(3)17)14(19)21-8-11-4-6-16-7-5-12(18)13(11)16/h9-13,17-18,20H,4-8H2,1-3H3/t10-,11+,12+,13-,15+/m0/s1. The molecule has 2 aliphatic heterocycles. The van der Waals surface area contributed by atoms with Crippen LogP contribution in [0.4, 0.5) is 0 Å². The number of carbonyl (C=O) groups excluding carboxylic acids is 1. The molecule has 0 saturated carbocycles. The molecule has 0 aromatic carbocycles. The number of esters is 1. The van der Waals surface area contributed by atoms with Crippen molar-refractivity contribution in [3.05, 3.63) is 0 Å². The summed E-state index contributed by atoms with van der Waals surface area (Å²) in [4.78, 5) is 14.4. The van der Waals surface area contributed by atoms with Gasteiger partial charge in [-0.2, -0.15) is 0 Å². The van der Waals surface area contributed by atoms with E-state index in [9.17, 15) is 20.1 Å². The molecule has 2 saturated heterocycles. The lowest BCUT2D eigenvalue weighted by molar-refractivity contribution is -0.186. The molecule has 122 valence electrons. The van der Waals surface area contributed by atoms with Crippen LogP contribution in [0.15, 0.2) is 0 Å². The fourth-order valence-electron chi connectivity index (χ4n) is 3.61. The van der Waals surface area contributed by atoms with Gasteiger partial charge in [0, 0.05) is 18.5 Å². The first-order valence-corrected chi connectivity index (χ1v) is 7.78. The summed E-state index contributed by atoms with van der Waals surface area (Å²) in [5.74, 6) is -1.13. The first-order valence-electron chi connectivity index (χ1n) is 7.78. The first kappa shape index (κ1) is 16.7. The van der Waals surface area contributed by atoms with Crippen molar-refractivity contribution in [2.45, 2.75) is 57.5 Å². The van der Waals surface area contributed by atoms with Crippen LogP contribution in [0, 0.1) is 11.8 Å². The lowest BCUT2D eigenvalue weighted by Gasteiger charge is -2.33. The Morgan fingerprint density at radius 1 is 1.33 bits per heavy atom. The van der Waals surface area contributed by atoms with Crippen molar-refractivity contribution in [3.8, 4) is 0 Å². The number of fused-ring (bicyclic) bond motifs is 1. The summed E-state index contributed by atoms with van der Waals surface area (Å²) in [6.45, 7) is 6.71. The summed E-state index contributed by atoms with van der Waals surface area (Å²) in [5, 5.41) is 30.1. The molecule has 2 heterocycles. The second-order valence-corrected chi connectivity index (χ2v) is 6.69. The number of nitrogens with zero attached hydrogens (tertiary/aromatic N) is 1. The highest BCUT2D eigenvalue weighted by Crippen LogP contribution is 2.33. The van der Waals surface area contributed by atoms with E-state index < -0.39 is 23.6 Å². The fraction of sp³-hybridized carbons (Fsp3) is 0.933. The van der Waals surface area contributed by atoms with Crippen molar-refractivity contribution in [3.63, 3.8) is 0 Å². The van der Waals surface area contributed by atoms with Gasteiger partial charge in [-0.05, 0) is 32.2 Å². The highest BCUT2D eigenvalue weighted by Gasteiger charge is 2.47. The largest absolute Gasteiger partial charge is 0.463 e. The summed E-state index contributed by atoms with van der Waals surface area (Å²) in [6, 6.07) is 0.0523. The topological polar surface area (TPSA) is 90.2 Å². The Labute approximate surface area is 125 Å². The predicted octanol–water partition coefficient (Wildman–Crippen LogP) is -0.247. The lowest BCUT2D eigenvalue weighted by atomic mass is 9.85. The molecule has 0 aromatic rings. The molecule has 0 amide bonds. The summed E-state index contributed by atoms with van der Waals surface area (Å²) in [6.07, 6.45) is 0.0850. The lowest BCUT2D eigenvalue weighted by Crippen LogP contribution is -2.53. The molecule has 5 atom stereocenters. The third-order valence-electron chi connectivity index (χ3n) is 5.07. The maximum Gasteiger partial charge on any atom is 0.341 e. The van der Waals surface area contributed by atoms with Crippen LogP contribution in [0.3, 0.4) is 0 Å². The number of hydrogen-bond acceptors (Lipinski definition) is 6. The van der Waals surface area contributed by atoms with E-state index in [-0.39, 0.29) is 24.7 Å². The Hall–Kier alpha value is -0.690. The Morgan fingerprint density at radius 2 is 1.95 bits per heavy atom. The summed E-state index contributed by atoms with van der Waals surface area (Å²) < 4.78 is 5.28. The molecule has 2 aliphatic rings. The van der Waals surface area contributed by atoms with Gasteiger partial charge < -0.3 is 20.1 Å². The molecule has 0 radical (unpaired) electrons. The van der Waals surface area contributed by atoms with E-state index in [4.69, 9.17) is 4.74 Å². The van der Waals surface area contributed by atoms with Crippen molar-refractivity contribution in [2.75, 3.05) is 19.7 Å². The monoisotopic (exact) mass is 301 g/mol. The molecule has 0 aliphatic carbocycles. The van der Waals surface area contributed by atoms with Gasteiger partial charge in [-0.15, -0.1) is 0 Å². The number of aliphatic hydroxyl groups is 3. The van der Waals surface area contributed by atoms with E-state index in [1.807, 2.05) is 0 Å². The second-order valence-electron chi connectivity index (χ2n) is 6.69. The maximum atomic E-state index is 12.2. The van der Waals surface area contributed by atoms with E-state index in [1.165, 1.54) is 6.92 Å². The fourth-order valence-corrected chi connectivity index (χ4v) is 3.61. The van der Waals surface area contributed by atoms with Gasteiger partial charge in [0.1, 0.15) is 0 Å². The van der Waals surface area contributed by atoms with E-state index in [2.05, 4.69) is 4.90 Å². The normalized spacial score (nSPS) is 33.8. The molecular weight excluding hydrogens is 274 g/mol. The molecule has 21 heavy (non-hydrogen) atoms. The Morgan fingerprint density at radius 3 is 2.52 bits per heavy atom. The molecule has 3 N–H and O–H groups in total. The summed E-state index contributed by atoms with van der Waals surface area (Å²) in [7, 11) is 0. The first-order chi connectivity index (χ1) is 9.78. The van der Waals surface area contributed by atoms with Gasteiger partial charge in [0.25, 0.3) is 0 Å². The Bertz CT molecular complexity index is 376. The minimum atomic E-state index is -1.88. The molecule has 2 fully saturated rings. The van der Waals surface area contributed by atoms with Crippen LogP contribution in [-0.2, 0) is 9.53 Å². The van der Waals surface area contributed by atoms with Crippen LogP contribution in [0.1, 0.15) is 33.6 Å². The van der Waals surface area contributed by atoms with Gasteiger partial charge in [0.05, 0.1) is 18.8 Å². The van der Waals surface area contributed by atoms with Gasteiger partial charge in [-0.1, -0.05) is 13.8 Å². The summed E-state index contributed by atoms with van der Waals surface area (Å²) in [5.41, 5.74) is -1.88. The van der Waals surface area contributed by atoms with Crippen LogP contribution < -0.4 is 0 Å². The van der Waals surface area contributed by atoms with Crippen LogP contribution in [0.2, 0.25) is 0 Å². The average Bonchev–Trinajstić information content (AvgIpc) is 2.98. The zero-order valence-electron chi connectivity index (χ0n) is 13.0. The third-order valence-corrected chi connectivity index (χ3v) is 5.07. The van der Waals surface area contributed by atoms with Crippen molar-refractivity contribution in [1.29, 1.82) is 0 Å². The molecule has 6 heteroatoms. The molecule has 0 spiro atoms.